The van der Waals surface area contributed by atoms with Crippen molar-refractivity contribution in [2.45, 2.75) is 0 Å². The van der Waals surface area contributed by atoms with E-state index in [2.05, 4.69) is 0 Å². The van der Waals surface area contributed by atoms with Crippen LogP contribution in [0, 0.1) is 0 Å². The Morgan fingerprint density at radius 3 is 2.19 bits per heavy atom. The van der Waals surface area contributed by atoms with E-state index in [4.69, 9.17) is 22.1 Å². The summed E-state index contributed by atoms with van der Waals surface area (Å²) in [6.45, 7) is 0. The lowest BCUT2D eigenvalue weighted by molar-refractivity contribution is 0.415. The highest BCUT2D eigenvalue weighted by Gasteiger charge is 2.01. The monoisotopic (exact) mass is 233 g/mol. The number of hydrogen-bond donors (Lipinski definition) is 1. The number of ether oxygens (including phenoxy) is 1. The van der Waals surface area contributed by atoms with Crippen LogP contribution in [0.4, 0.5) is 5.69 Å². The fourth-order valence-corrected chi connectivity index (χ4v) is 1.62. The van der Waals surface area contributed by atoms with Gasteiger partial charge in [0, 0.05) is 0 Å². The molecule has 0 spiro atoms. The molecule has 0 heterocycles. The molecule has 0 bridgehead atoms. The van der Waals surface area contributed by atoms with Gasteiger partial charge in [-0.25, -0.2) is 0 Å². The molecule has 82 valence electrons. The van der Waals surface area contributed by atoms with E-state index >= 15 is 0 Å². The summed E-state index contributed by atoms with van der Waals surface area (Å²) in [6.07, 6.45) is 0. The molecule has 0 saturated carbocycles. The van der Waals surface area contributed by atoms with Crippen LogP contribution in [-0.2, 0) is 0 Å². The fraction of sp³-hybridized carbons (Fsp3) is 0.0769. The molecule has 0 saturated heterocycles. The molecule has 2 N–H and O–H groups in total. The van der Waals surface area contributed by atoms with E-state index in [1.165, 1.54) is 0 Å². The number of halogens is 1. The Bertz CT molecular complexity index is 494. The van der Waals surface area contributed by atoms with Gasteiger partial charge in [-0.2, -0.15) is 0 Å². The largest absolute Gasteiger partial charge is 0.497 e. The second kappa shape index (κ2) is 4.45. The van der Waals surface area contributed by atoms with Crippen molar-refractivity contribution in [2.24, 2.45) is 0 Å². The fourth-order valence-electron chi connectivity index (χ4n) is 1.51. The van der Waals surface area contributed by atoms with E-state index in [9.17, 15) is 0 Å². The van der Waals surface area contributed by atoms with Crippen molar-refractivity contribution in [3.8, 4) is 16.9 Å². The first-order valence-corrected chi connectivity index (χ1v) is 5.28. The van der Waals surface area contributed by atoms with Crippen LogP contribution in [0.2, 0.25) is 5.02 Å². The SMILES string of the molecule is COc1ccc(-c2ccc(Cl)c(N)c2)cc1. The minimum absolute atomic E-state index is 0.581. The second-order valence-corrected chi connectivity index (χ2v) is 3.87. The summed E-state index contributed by atoms with van der Waals surface area (Å²) in [5.74, 6) is 0.839. The van der Waals surface area contributed by atoms with Crippen molar-refractivity contribution in [1.82, 2.24) is 0 Å². The van der Waals surface area contributed by atoms with Crippen LogP contribution < -0.4 is 10.5 Å². The Balaban J connectivity index is 2.38. The van der Waals surface area contributed by atoms with E-state index in [0.29, 0.717) is 10.7 Å². The highest BCUT2D eigenvalue weighted by Crippen LogP contribution is 2.27. The van der Waals surface area contributed by atoms with Gasteiger partial charge >= 0.3 is 0 Å². The number of nitrogen functional groups attached to an aromatic ring is 1. The maximum Gasteiger partial charge on any atom is 0.118 e. The van der Waals surface area contributed by atoms with Gasteiger partial charge < -0.3 is 10.5 Å². The summed E-state index contributed by atoms with van der Waals surface area (Å²) in [7, 11) is 1.65. The quantitative estimate of drug-likeness (QED) is 0.805. The average molecular weight is 234 g/mol. The topological polar surface area (TPSA) is 35.2 Å². The van der Waals surface area contributed by atoms with Crippen molar-refractivity contribution in [3.63, 3.8) is 0 Å². The summed E-state index contributed by atoms with van der Waals surface area (Å²) in [5.41, 5.74) is 8.48. The molecule has 2 rings (SSSR count). The first kappa shape index (κ1) is 10.8. The van der Waals surface area contributed by atoms with Crippen LogP contribution in [0.25, 0.3) is 11.1 Å². The molecule has 0 aliphatic rings. The van der Waals surface area contributed by atoms with Gasteiger partial charge in [0.15, 0.2) is 0 Å². The van der Waals surface area contributed by atoms with Crippen molar-refractivity contribution in [3.05, 3.63) is 47.5 Å². The number of hydrogen-bond acceptors (Lipinski definition) is 2. The van der Waals surface area contributed by atoms with Crippen molar-refractivity contribution in [1.29, 1.82) is 0 Å². The van der Waals surface area contributed by atoms with Gasteiger partial charge in [0.05, 0.1) is 17.8 Å². The van der Waals surface area contributed by atoms with Gasteiger partial charge in [0.1, 0.15) is 5.75 Å². The lowest BCUT2D eigenvalue weighted by Crippen LogP contribution is -1.87. The number of nitrogens with two attached hydrogens (primary N) is 1. The molecule has 0 aliphatic carbocycles. The van der Waals surface area contributed by atoms with E-state index < -0.39 is 0 Å². The first-order valence-electron chi connectivity index (χ1n) is 4.90. The lowest BCUT2D eigenvalue weighted by Gasteiger charge is -2.05. The zero-order valence-electron chi connectivity index (χ0n) is 8.91. The molecule has 2 aromatic rings. The van der Waals surface area contributed by atoms with Gasteiger partial charge in [-0.05, 0) is 35.4 Å². The predicted octanol–water partition coefficient (Wildman–Crippen LogP) is 3.60. The Labute approximate surface area is 99.6 Å². The maximum atomic E-state index is 5.87. The van der Waals surface area contributed by atoms with Crippen LogP contribution >= 0.6 is 11.6 Å². The lowest BCUT2D eigenvalue weighted by atomic mass is 10.1. The van der Waals surface area contributed by atoms with Crippen molar-refractivity contribution < 1.29 is 4.74 Å². The Morgan fingerprint density at radius 2 is 1.62 bits per heavy atom. The van der Waals surface area contributed by atoms with Crippen LogP contribution in [-0.4, -0.2) is 7.11 Å². The summed E-state index contributed by atoms with van der Waals surface area (Å²) in [4.78, 5) is 0. The van der Waals surface area contributed by atoms with Crippen LogP contribution in [0.1, 0.15) is 0 Å². The molecule has 0 atom stereocenters. The molecule has 0 aliphatic heterocycles. The third-order valence-corrected chi connectivity index (χ3v) is 2.76. The first-order chi connectivity index (χ1) is 7.70. The molecule has 0 fully saturated rings. The number of anilines is 1. The van der Waals surface area contributed by atoms with E-state index in [1.54, 1.807) is 13.2 Å². The average Bonchev–Trinajstić information content (AvgIpc) is 2.33. The molecular weight excluding hydrogens is 222 g/mol. The number of benzene rings is 2. The highest BCUT2D eigenvalue weighted by atomic mass is 35.5. The minimum Gasteiger partial charge on any atom is -0.497 e. The predicted molar refractivity (Wildman–Crippen MR) is 67.9 cm³/mol. The Kier molecular flexibility index (Phi) is 3.02. The highest BCUT2D eigenvalue weighted by molar-refractivity contribution is 6.33. The molecule has 0 unspecified atom stereocenters. The third-order valence-electron chi connectivity index (χ3n) is 2.42. The van der Waals surface area contributed by atoms with E-state index in [1.807, 2.05) is 36.4 Å². The summed E-state index contributed by atoms with van der Waals surface area (Å²) >= 11 is 5.87. The van der Waals surface area contributed by atoms with Gasteiger partial charge in [-0.1, -0.05) is 29.8 Å². The molecule has 2 nitrogen and oxygen atoms in total. The summed E-state index contributed by atoms with van der Waals surface area (Å²) in [5, 5.41) is 0.581. The zero-order chi connectivity index (χ0) is 11.5. The molecule has 0 aromatic heterocycles. The summed E-state index contributed by atoms with van der Waals surface area (Å²) < 4.78 is 5.10. The van der Waals surface area contributed by atoms with Crippen LogP contribution in [0.15, 0.2) is 42.5 Å². The third kappa shape index (κ3) is 2.12. The minimum atomic E-state index is 0.581. The van der Waals surface area contributed by atoms with Crippen LogP contribution in [0.3, 0.4) is 0 Å². The van der Waals surface area contributed by atoms with Gasteiger partial charge in [-0.15, -0.1) is 0 Å². The summed E-state index contributed by atoms with van der Waals surface area (Å²) in [6, 6.07) is 13.4. The van der Waals surface area contributed by atoms with Gasteiger partial charge in [0.2, 0.25) is 0 Å². The second-order valence-electron chi connectivity index (χ2n) is 3.46. The number of methoxy groups -OCH3 is 1. The van der Waals surface area contributed by atoms with E-state index in [0.717, 1.165) is 16.9 Å². The number of rotatable bonds is 2. The molecule has 0 radical (unpaired) electrons. The molecule has 16 heavy (non-hydrogen) atoms. The Morgan fingerprint density at radius 1 is 1.00 bits per heavy atom. The molecule has 0 amide bonds. The normalized spacial score (nSPS) is 10.1. The maximum absolute atomic E-state index is 5.87. The van der Waals surface area contributed by atoms with E-state index in [-0.39, 0.29) is 0 Å². The molecule has 2 aromatic carbocycles. The molecular formula is C13H12ClNO. The van der Waals surface area contributed by atoms with Crippen molar-refractivity contribution >= 4 is 17.3 Å². The van der Waals surface area contributed by atoms with Gasteiger partial charge in [0.25, 0.3) is 0 Å². The zero-order valence-corrected chi connectivity index (χ0v) is 9.66. The standard InChI is InChI=1S/C13H12ClNO/c1-16-11-5-2-9(3-6-11)10-4-7-12(14)13(15)8-10/h2-8H,15H2,1H3. The van der Waals surface area contributed by atoms with Crippen LogP contribution in [0.5, 0.6) is 5.75 Å². The Hall–Kier alpha value is -1.67. The smallest absolute Gasteiger partial charge is 0.118 e. The van der Waals surface area contributed by atoms with Gasteiger partial charge in [-0.3, -0.25) is 0 Å². The van der Waals surface area contributed by atoms with Crippen molar-refractivity contribution in [2.75, 3.05) is 12.8 Å². The molecule has 3 heteroatoms.